The van der Waals surface area contributed by atoms with Gasteiger partial charge in [0.2, 0.25) is 6.41 Å². The number of benzene rings is 2. The van der Waals surface area contributed by atoms with Crippen LogP contribution in [-0.4, -0.2) is 39.2 Å². The molecule has 27 heavy (non-hydrogen) atoms. The number of halogens is 1. The average Bonchev–Trinajstić information content (AvgIpc) is 2.96. The second-order valence-corrected chi connectivity index (χ2v) is 7.38. The van der Waals surface area contributed by atoms with E-state index in [-0.39, 0.29) is 24.6 Å². The molecule has 4 amide bonds. The van der Waals surface area contributed by atoms with Gasteiger partial charge in [-0.25, -0.2) is 9.10 Å². The molecule has 1 aliphatic heterocycles. The smallest absolute Gasteiger partial charge is 0.334 e. The van der Waals surface area contributed by atoms with Crippen molar-refractivity contribution in [2.24, 2.45) is 0 Å². The number of fused-ring (bicyclic) bond motifs is 1. The van der Waals surface area contributed by atoms with E-state index < -0.39 is 12.1 Å². The van der Waals surface area contributed by atoms with Gasteiger partial charge in [0.25, 0.3) is 5.91 Å². The molecule has 2 aromatic rings. The fourth-order valence-corrected chi connectivity index (χ4v) is 3.23. The van der Waals surface area contributed by atoms with Crippen LogP contribution in [0.25, 0.3) is 0 Å². The molecule has 0 radical (unpaired) electrons. The van der Waals surface area contributed by atoms with Gasteiger partial charge in [-0.15, -0.1) is 0 Å². The number of carbonyl (C=O) groups is 3. The first-order valence-electron chi connectivity index (χ1n) is 7.99. The van der Waals surface area contributed by atoms with Crippen LogP contribution in [0.3, 0.4) is 0 Å². The summed E-state index contributed by atoms with van der Waals surface area (Å²) in [7, 11) is 0. The summed E-state index contributed by atoms with van der Waals surface area (Å²) in [6, 6.07) is 10.7. The molecule has 0 unspecified atom stereocenters. The van der Waals surface area contributed by atoms with Gasteiger partial charge in [0.15, 0.2) is 0 Å². The number of phenols is 1. The van der Waals surface area contributed by atoms with E-state index in [1.54, 1.807) is 11.0 Å². The van der Waals surface area contributed by atoms with E-state index in [0.29, 0.717) is 16.4 Å². The SMILES string of the molecule is O=CN(S)C(=O)N[C@@H](CN1Cc2ccc(O)cc2C1=O)c1ccc(Br)cc1. The summed E-state index contributed by atoms with van der Waals surface area (Å²) in [4.78, 5) is 37.1. The number of nitrogens with one attached hydrogen (secondary N) is 1. The van der Waals surface area contributed by atoms with Crippen molar-refractivity contribution in [1.82, 2.24) is 14.5 Å². The van der Waals surface area contributed by atoms with Gasteiger partial charge in [0.05, 0.1) is 6.04 Å². The number of imide groups is 1. The highest BCUT2D eigenvalue weighted by Gasteiger charge is 2.30. The largest absolute Gasteiger partial charge is 0.508 e. The average molecular weight is 450 g/mol. The number of thiol groups is 1. The molecule has 0 aliphatic carbocycles. The van der Waals surface area contributed by atoms with Crippen LogP contribution in [0, 0.1) is 0 Å². The summed E-state index contributed by atoms with van der Waals surface area (Å²) in [5.74, 6) is -0.200. The van der Waals surface area contributed by atoms with Crippen LogP contribution in [0.1, 0.15) is 27.5 Å². The summed E-state index contributed by atoms with van der Waals surface area (Å²) >= 11 is 7.15. The summed E-state index contributed by atoms with van der Waals surface area (Å²) in [6.07, 6.45) is 0.288. The van der Waals surface area contributed by atoms with E-state index in [0.717, 1.165) is 15.6 Å². The molecule has 9 heteroatoms. The summed E-state index contributed by atoms with van der Waals surface area (Å²) < 4.78 is 1.48. The molecule has 0 fully saturated rings. The predicted molar refractivity (Wildman–Crippen MR) is 105 cm³/mol. The Bertz CT molecular complexity index is 891. The minimum atomic E-state index is -0.692. The van der Waals surface area contributed by atoms with Gasteiger partial charge in [-0.3, -0.25) is 9.59 Å². The number of hydrogen-bond donors (Lipinski definition) is 3. The molecule has 2 N–H and O–H groups in total. The topological polar surface area (TPSA) is 90.0 Å². The van der Waals surface area contributed by atoms with Crippen molar-refractivity contribution in [3.8, 4) is 5.75 Å². The fraction of sp³-hybridized carbons (Fsp3) is 0.167. The Hall–Kier alpha value is -2.52. The highest BCUT2D eigenvalue weighted by molar-refractivity contribution is 9.10. The molecular formula is C18H16BrN3O4S. The second kappa shape index (κ2) is 8.01. The van der Waals surface area contributed by atoms with E-state index in [1.807, 2.05) is 24.3 Å². The predicted octanol–water partition coefficient (Wildman–Crippen LogP) is 2.86. The van der Waals surface area contributed by atoms with E-state index in [9.17, 15) is 19.5 Å². The molecule has 0 spiro atoms. The van der Waals surface area contributed by atoms with Crippen molar-refractivity contribution in [2.75, 3.05) is 6.54 Å². The third-order valence-corrected chi connectivity index (χ3v) is 5.06. The number of nitrogens with zero attached hydrogens (tertiary/aromatic N) is 2. The van der Waals surface area contributed by atoms with Crippen LogP contribution in [0.5, 0.6) is 5.75 Å². The molecule has 0 saturated carbocycles. The van der Waals surface area contributed by atoms with Gasteiger partial charge in [-0.1, -0.05) is 46.9 Å². The zero-order valence-corrected chi connectivity index (χ0v) is 16.5. The van der Waals surface area contributed by atoms with Gasteiger partial charge < -0.3 is 15.3 Å². The van der Waals surface area contributed by atoms with Crippen LogP contribution in [0.4, 0.5) is 4.79 Å². The van der Waals surface area contributed by atoms with Crippen molar-refractivity contribution >= 4 is 47.1 Å². The number of rotatable bonds is 5. The molecule has 0 bridgehead atoms. The van der Waals surface area contributed by atoms with Gasteiger partial charge in [0.1, 0.15) is 5.75 Å². The number of aromatic hydroxyl groups is 1. The standard InChI is InChI=1S/C18H16BrN3O4S/c19-13-4-1-11(2-5-13)16(20-18(26)22(27)10-23)9-21-8-12-3-6-14(24)7-15(12)17(21)25/h1-7,10,16,24,27H,8-9H2,(H,20,26)/t16-/m0/s1. The van der Waals surface area contributed by atoms with Crippen LogP contribution in [0.15, 0.2) is 46.9 Å². The molecule has 1 atom stereocenters. The lowest BCUT2D eigenvalue weighted by Crippen LogP contribution is -2.41. The Labute approximate surface area is 169 Å². The first kappa shape index (κ1) is 19.2. The molecule has 7 nitrogen and oxygen atoms in total. The van der Waals surface area contributed by atoms with Crippen molar-refractivity contribution in [1.29, 1.82) is 0 Å². The number of amides is 4. The zero-order valence-electron chi connectivity index (χ0n) is 14.0. The van der Waals surface area contributed by atoms with E-state index in [1.165, 1.54) is 12.1 Å². The highest BCUT2D eigenvalue weighted by Crippen LogP contribution is 2.28. The molecule has 2 aromatic carbocycles. The molecule has 140 valence electrons. The minimum Gasteiger partial charge on any atom is -0.508 e. The lowest BCUT2D eigenvalue weighted by Gasteiger charge is -2.26. The molecule has 0 saturated heterocycles. The fourth-order valence-electron chi connectivity index (χ4n) is 2.91. The number of phenolic OH excluding ortho intramolecular Hbond substituents is 1. The maximum atomic E-state index is 12.7. The van der Waals surface area contributed by atoms with Gasteiger partial charge >= 0.3 is 6.03 Å². The van der Waals surface area contributed by atoms with E-state index in [4.69, 9.17) is 0 Å². The lowest BCUT2D eigenvalue weighted by molar-refractivity contribution is -0.112. The Balaban J connectivity index is 1.83. The second-order valence-electron chi connectivity index (χ2n) is 6.03. The molecule has 3 rings (SSSR count). The molecular weight excluding hydrogens is 434 g/mol. The Kier molecular flexibility index (Phi) is 5.71. The van der Waals surface area contributed by atoms with Crippen LogP contribution in [0.2, 0.25) is 0 Å². The summed E-state index contributed by atoms with van der Waals surface area (Å²) in [5, 5.41) is 12.3. The van der Waals surface area contributed by atoms with E-state index in [2.05, 4.69) is 34.1 Å². The highest BCUT2D eigenvalue weighted by atomic mass is 79.9. The Morgan fingerprint density at radius 3 is 2.70 bits per heavy atom. The Morgan fingerprint density at radius 1 is 1.33 bits per heavy atom. The normalized spacial score (nSPS) is 13.9. The monoisotopic (exact) mass is 449 g/mol. The first-order valence-corrected chi connectivity index (χ1v) is 9.19. The quantitative estimate of drug-likeness (QED) is 0.483. The molecule has 1 heterocycles. The van der Waals surface area contributed by atoms with Crippen molar-refractivity contribution in [3.63, 3.8) is 0 Å². The van der Waals surface area contributed by atoms with Crippen molar-refractivity contribution in [3.05, 3.63) is 63.6 Å². The third kappa shape index (κ3) is 4.25. The Morgan fingerprint density at radius 2 is 2.04 bits per heavy atom. The molecule has 1 aliphatic rings. The van der Waals surface area contributed by atoms with Crippen LogP contribution in [-0.2, 0) is 11.3 Å². The summed E-state index contributed by atoms with van der Waals surface area (Å²) in [5.41, 5.74) is 2.02. The van der Waals surface area contributed by atoms with Crippen molar-refractivity contribution in [2.45, 2.75) is 12.6 Å². The van der Waals surface area contributed by atoms with Crippen LogP contribution >= 0.6 is 28.7 Å². The number of hydrogen-bond acceptors (Lipinski definition) is 5. The van der Waals surface area contributed by atoms with Gasteiger partial charge in [-0.05, 0) is 35.4 Å². The van der Waals surface area contributed by atoms with Crippen LogP contribution < -0.4 is 5.32 Å². The maximum Gasteiger partial charge on any atom is 0.334 e. The van der Waals surface area contributed by atoms with E-state index >= 15 is 0 Å². The minimum absolute atomic E-state index is 0.0263. The first-order chi connectivity index (χ1) is 12.9. The maximum absolute atomic E-state index is 12.7. The number of carbonyl (C=O) groups excluding carboxylic acids is 3. The third-order valence-electron chi connectivity index (χ3n) is 4.25. The van der Waals surface area contributed by atoms with Gasteiger partial charge in [-0.2, -0.15) is 0 Å². The molecule has 0 aromatic heterocycles. The number of urea groups is 1. The zero-order chi connectivity index (χ0) is 19.6. The lowest BCUT2D eigenvalue weighted by atomic mass is 10.1. The summed E-state index contributed by atoms with van der Waals surface area (Å²) in [6.45, 7) is 0.567. The van der Waals surface area contributed by atoms with Gasteiger partial charge in [0, 0.05) is 23.1 Å². The van der Waals surface area contributed by atoms with Crippen molar-refractivity contribution < 1.29 is 19.5 Å².